The van der Waals surface area contributed by atoms with Crippen molar-refractivity contribution in [2.75, 3.05) is 13.1 Å². The van der Waals surface area contributed by atoms with Gasteiger partial charge in [-0.2, -0.15) is 5.26 Å². The number of rotatable bonds is 9. The number of nitrogens with one attached hydrogen (secondary N) is 1. The smallest absolute Gasteiger partial charge is 0.226 e. The van der Waals surface area contributed by atoms with Gasteiger partial charge in [0, 0.05) is 77.2 Å². The van der Waals surface area contributed by atoms with E-state index in [1.165, 1.54) is 6.26 Å². The third-order valence-corrected chi connectivity index (χ3v) is 12.0. The lowest BCUT2D eigenvalue weighted by atomic mass is 9.79. The number of carbonyl (C=O) groups is 1. The molecule has 10 rings (SSSR count). The van der Waals surface area contributed by atoms with E-state index in [1.807, 2.05) is 17.9 Å². The van der Waals surface area contributed by atoms with Crippen molar-refractivity contribution in [2.24, 2.45) is 11.8 Å². The van der Waals surface area contributed by atoms with Gasteiger partial charge in [-0.1, -0.05) is 40.5 Å². The van der Waals surface area contributed by atoms with Crippen LogP contribution in [0.25, 0.3) is 32.9 Å². The van der Waals surface area contributed by atoms with Crippen LogP contribution in [0.2, 0.25) is 10.0 Å². The maximum atomic E-state index is 17.1. The number of halogens is 3. The number of pyridine rings is 1. The lowest BCUT2D eigenvalue weighted by Crippen LogP contribution is -2.41. The minimum atomic E-state index is -0.485. The number of hydrogen-bond donors (Lipinski definition) is 1. The fourth-order valence-electron chi connectivity index (χ4n) is 8.62. The summed E-state index contributed by atoms with van der Waals surface area (Å²) in [5.74, 6) is 0.144. The zero-order valence-corrected chi connectivity index (χ0v) is 29.0. The van der Waals surface area contributed by atoms with Crippen LogP contribution in [0.1, 0.15) is 66.8 Å². The van der Waals surface area contributed by atoms with Crippen molar-refractivity contribution in [1.82, 2.24) is 24.9 Å². The molecule has 0 spiro atoms. The molecule has 5 fully saturated rings. The Morgan fingerprint density at radius 2 is 2.06 bits per heavy atom. The van der Waals surface area contributed by atoms with Gasteiger partial charge >= 0.3 is 0 Å². The molecule has 256 valence electrons. The number of carbonyl (C=O) groups excluding carboxylic acids is 1. The molecule has 5 aromatic rings. The number of hydrogen-bond acceptors (Lipinski definition) is 7. The molecule has 3 aliphatic heterocycles. The van der Waals surface area contributed by atoms with Gasteiger partial charge in [-0.25, -0.2) is 9.37 Å². The predicted molar refractivity (Wildman–Crippen MR) is 187 cm³/mol. The SMILES string of the molecule is Cc1nc2c(F)c(-c3cccc(Cl)c3Cl)c(CCC#N)cc2c2c1cc([C@H]1C[C@H](OCc3ccon3)CN1C(=O)C1CC1)n2[C@H]1[C@H]2CN[C@@H]1C2. The number of nitriles is 1. The third-order valence-electron chi connectivity index (χ3n) is 11.2. The molecule has 6 heterocycles. The molecule has 2 aromatic carbocycles. The van der Waals surface area contributed by atoms with Crippen molar-refractivity contribution in [3.63, 3.8) is 0 Å². The molecule has 5 aliphatic rings. The molecule has 2 aliphatic carbocycles. The first-order chi connectivity index (χ1) is 24.3. The number of amides is 1. The lowest BCUT2D eigenvalue weighted by molar-refractivity contribution is -0.134. The van der Waals surface area contributed by atoms with Crippen molar-refractivity contribution in [1.29, 1.82) is 5.26 Å². The Hall–Kier alpha value is -4.01. The normalized spacial score (nSPS) is 24.3. The predicted octanol–water partition coefficient (Wildman–Crippen LogP) is 7.86. The number of aromatic nitrogens is 3. The second-order valence-corrected chi connectivity index (χ2v) is 15.0. The number of aryl methyl sites for hydroxylation is 2. The Bertz CT molecular complexity index is 2200. The van der Waals surface area contributed by atoms with Gasteiger partial charge in [-0.05, 0) is 62.3 Å². The average molecular weight is 714 g/mol. The van der Waals surface area contributed by atoms with Crippen molar-refractivity contribution in [3.05, 3.63) is 81.2 Å². The van der Waals surface area contributed by atoms with E-state index in [0.717, 1.165) is 42.4 Å². The molecular formula is C38H35Cl2FN6O3. The van der Waals surface area contributed by atoms with Crippen LogP contribution in [-0.2, 0) is 22.6 Å². The van der Waals surface area contributed by atoms with Crippen LogP contribution in [-0.4, -0.2) is 50.8 Å². The maximum absolute atomic E-state index is 17.1. The molecule has 0 unspecified atom stereocenters. The monoisotopic (exact) mass is 712 g/mol. The molecule has 1 amide bonds. The van der Waals surface area contributed by atoms with E-state index in [-0.39, 0.29) is 53.0 Å². The Labute approximate surface area is 298 Å². The van der Waals surface area contributed by atoms with Gasteiger partial charge in [0.05, 0.1) is 46.4 Å². The van der Waals surface area contributed by atoms with Crippen molar-refractivity contribution in [3.8, 4) is 17.2 Å². The average Bonchev–Trinajstić information content (AvgIpc) is 3.62. The van der Waals surface area contributed by atoms with Crippen LogP contribution in [0, 0.1) is 35.9 Å². The highest BCUT2D eigenvalue weighted by atomic mass is 35.5. The Morgan fingerprint density at radius 3 is 2.78 bits per heavy atom. The summed E-state index contributed by atoms with van der Waals surface area (Å²) in [4.78, 5) is 20.8. The quantitative estimate of drug-likeness (QED) is 0.166. The summed E-state index contributed by atoms with van der Waals surface area (Å²) in [6.07, 6.45) is 5.40. The van der Waals surface area contributed by atoms with E-state index in [2.05, 4.69) is 27.2 Å². The van der Waals surface area contributed by atoms with Gasteiger partial charge in [0.15, 0.2) is 5.82 Å². The molecule has 3 saturated heterocycles. The van der Waals surface area contributed by atoms with E-state index in [1.54, 1.807) is 24.3 Å². The maximum Gasteiger partial charge on any atom is 0.226 e. The summed E-state index contributed by atoms with van der Waals surface area (Å²) < 4.78 is 30.9. The Morgan fingerprint density at radius 1 is 1.20 bits per heavy atom. The second-order valence-electron chi connectivity index (χ2n) is 14.2. The standard InChI is InChI=1S/C38H35Cl2FN6O3/c1-19-26-15-31(30-14-24(49-18-23-9-11-50-45-23)17-46(30)38(48)20-7-8-20)47(36-22-13-29(36)43-16-22)37(26)27-12-21(4-3-10-42)32(34(41)35(27)44-19)25-5-2-6-28(39)33(25)40/h2,5-6,9,11-12,15,20,22,24,29-30,36,43H,3-4,7-8,13-14,16-18H2,1H3/t22-,24+,29-,30-,36+/m1/s1. The summed E-state index contributed by atoms with van der Waals surface area (Å²) >= 11 is 13.1. The summed E-state index contributed by atoms with van der Waals surface area (Å²) in [7, 11) is 0. The number of fused-ring (bicyclic) bond motifs is 4. The van der Waals surface area contributed by atoms with Gasteiger partial charge in [0.1, 0.15) is 17.5 Å². The third kappa shape index (κ3) is 5.12. The topological polar surface area (TPSA) is 109 Å². The molecule has 50 heavy (non-hydrogen) atoms. The first-order valence-corrected chi connectivity index (χ1v) is 18.1. The van der Waals surface area contributed by atoms with E-state index in [4.69, 9.17) is 37.4 Å². The Balaban J connectivity index is 1.25. The summed E-state index contributed by atoms with van der Waals surface area (Å²) in [5.41, 5.74) is 5.07. The molecule has 2 bridgehead atoms. The van der Waals surface area contributed by atoms with Crippen LogP contribution in [0.5, 0.6) is 0 Å². The second kappa shape index (κ2) is 12.3. The van der Waals surface area contributed by atoms with Crippen LogP contribution in [0.15, 0.2) is 47.2 Å². The highest BCUT2D eigenvalue weighted by molar-refractivity contribution is 6.43. The van der Waals surface area contributed by atoms with Gasteiger partial charge in [-0.3, -0.25) is 4.79 Å². The van der Waals surface area contributed by atoms with E-state index in [9.17, 15) is 10.1 Å². The molecule has 3 aromatic heterocycles. The molecule has 1 N–H and O–H groups in total. The molecular weight excluding hydrogens is 678 g/mol. The fourth-order valence-corrected chi connectivity index (χ4v) is 9.02. The molecule has 5 atom stereocenters. The fraction of sp³-hybridized carbons (Fsp3) is 0.421. The molecule has 9 nitrogen and oxygen atoms in total. The van der Waals surface area contributed by atoms with Crippen molar-refractivity contribution < 1.29 is 18.4 Å². The van der Waals surface area contributed by atoms with Crippen LogP contribution in [0.4, 0.5) is 4.39 Å². The molecule has 12 heteroatoms. The molecule has 2 saturated carbocycles. The van der Waals surface area contributed by atoms with Crippen molar-refractivity contribution in [2.45, 2.75) is 76.3 Å². The summed E-state index contributed by atoms with van der Waals surface area (Å²) in [6, 6.07) is 13.6. The molecule has 0 radical (unpaired) electrons. The van der Waals surface area contributed by atoms with Gasteiger partial charge in [0.25, 0.3) is 0 Å². The van der Waals surface area contributed by atoms with Gasteiger partial charge in [0.2, 0.25) is 5.91 Å². The van der Waals surface area contributed by atoms with Gasteiger partial charge in [-0.15, -0.1) is 0 Å². The van der Waals surface area contributed by atoms with Crippen LogP contribution >= 0.6 is 23.2 Å². The first kappa shape index (κ1) is 31.9. The number of ether oxygens (including phenoxy) is 1. The number of nitrogens with zero attached hydrogens (tertiary/aromatic N) is 5. The zero-order chi connectivity index (χ0) is 34.3. The summed E-state index contributed by atoms with van der Waals surface area (Å²) in [5, 5.41) is 19.5. The lowest BCUT2D eigenvalue weighted by Gasteiger charge is -2.39. The largest absolute Gasteiger partial charge is 0.370 e. The zero-order valence-electron chi connectivity index (χ0n) is 27.5. The minimum Gasteiger partial charge on any atom is -0.370 e. The van der Waals surface area contributed by atoms with E-state index < -0.39 is 5.82 Å². The highest BCUT2D eigenvalue weighted by Crippen LogP contribution is 2.51. The first-order valence-electron chi connectivity index (χ1n) is 17.3. The summed E-state index contributed by atoms with van der Waals surface area (Å²) in [6.45, 7) is 3.62. The van der Waals surface area contributed by atoms with E-state index in [0.29, 0.717) is 70.4 Å². The minimum absolute atomic E-state index is 0.0453. The van der Waals surface area contributed by atoms with Crippen molar-refractivity contribution >= 4 is 50.9 Å². The van der Waals surface area contributed by atoms with E-state index >= 15 is 4.39 Å². The van der Waals surface area contributed by atoms with Crippen LogP contribution < -0.4 is 5.32 Å². The van der Waals surface area contributed by atoms with Gasteiger partial charge < -0.3 is 24.0 Å². The highest BCUT2D eigenvalue weighted by Gasteiger charge is 2.51. The Kier molecular flexibility index (Phi) is 7.88. The number of benzene rings is 2. The van der Waals surface area contributed by atoms with Crippen LogP contribution in [0.3, 0.4) is 0 Å². The number of likely N-dealkylation sites (tertiary alicyclic amines) is 1.